The lowest BCUT2D eigenvalue weighted by atomic mass is 9.87. The number of benzene rings is 1. The van der Waals surface area contributed by atoms with Crippen LogP contribution >= 0.6 is 11.6 Å². The van der Waals surface area contributed by atoms with Crippen LogP contribution in [0, 0.1) is 0 Å². The summed E-state index contributed by atoms with van der Waals surface area (Å²) in [5.74, 6) is -0.323. The van der Waals surface area contributed by atoms with Crippen LogP contribution in [0.2, 0.25) is 5.15 Å². The molecule has 2 aromatic rings. The molecule has 2 heterocycles. The maximum Gasteiger partial charge on any atom is 0.274 e. The van der Waals surface area contributed by atoms with Crippen molar-refractivity contribution in [3.63, 3.8) is 0 Å². The van der Waals surface area contributed by atoms with Gasteiger partial charge in [-0.25, -0.2) is 9.98 Å². The van der Waals surface area contributed by atoms with Crippen LogP contribution in [0.15, 0.2) is 47.5 Å². The number of halogens is 1. The van der Waals surface area contributed by atoms with E-state index < -0.39 is 5.54 Å². The van der Waals surface area contributed by atoms with E-state index in [1.165, 1.54) is 4.90 Å². The third-order valence-electron chi connectivity index (χ3n) is 4.26. The standard InChI is InChI=1S/C18H18ClN5O2/c1-18(10-15(25)24(2)17(20)23-18)11-5-3-6-12(9-11)21-16(26)13-7-4-8-14(19)22-13/h3-9H,10H2,1-2H3,(H2,20,23)(H,21,26). The number of carbonyl (C=O) groups excluding carboxylic acids is 2. The van der Waals surface area contributed by atoms with Crippen molar-refractivity contribution in [3.8, 4) is 0 Å². The minimum absolute atomic E-state index is 0.113. The molecule has 134 valence electrons. The third-order valence-corrected chi connectivity index (χ3v) is 4.48. The van der Waals surface area contributed by atoms with Gasteiger partial charge in [-0.15, -0.1) is 0 Å². The summed E-state index contributed by atoms with van der Waals surface area (Å²) in [6.45, 7) is 1.84. The van der Waals surface area contributed by atoms with Crippen LogP contribution in [0.5, 0.6) is 0 Å². The molecule has 8 heteroatoms. The number of guanidine groups is 1. The van der Waals surface area contributed by atoms with Crippen molar-refractivity contribution >= 4 is 35.1 Å². The zero-order valence-electron chi connectivity index (χ0n) is 14.4. The number of amides is 2. The molecule has 1 atom stereocenters. The van der Waals surface area contributed by atoms with Crippen LogP contribution in [0.4, 0.5) is 5.69 Å². The van der Waals surface area contributed by atoms with Crippen molar-refractivity contribution in [2.45, 2.75) is 18.9 Å². The fourth-order valence-electron chi connectivity index (χ4n) is 2.74. The smallest absolute Gasteiger partial charge is 0.274 e. The largest absolute Gasteiger partial charge is 0.369 e. The van der Waals surface area contributed by atoms with Crippen molar-refractivity contribution < 1.29 is 9.59 Å². The van der Waals surface area contributed by atoms with Crippen LogP contribution < -0.4 is 11.1 Å². The summed E-state index contributed by atoms with van der Waals surface area (Å²) >= 11 is 5.82. The van der Waals surface area contributed by atoms with Gasteiger partial charge in [0.2, 0.25) is 5.91 Å². The topological polar surface area (TPSA) is 101 Å². The molecule has 0 fully saturated rings. The molecule has 0 saturated heterocycles. The Morgan fingerprint density at radius 1 is 1.31 bits per heavy atom. The van der Waals surface area contributed by atoms with Crippen molar-refractivity contribution in [1.29, 1.82) is 0 Å². The molecule has 0 aliphatic carbocycles. The monoisotopic (exact) mass is 371 g/mol. The summed E-state index contributed by atoms with van der Waals surface area (Å²) < 4.78 is 0. The molecule has 1 aromatic heterocycles. The molecule has 1 aromatic carbocycles. The Bertz CT molecular complexity index is 914. The van der Waals surface area contributed by atoms with E-state index in [0.29, 0.717) is 5.69 Å². The zero-order valence-corrected chi connectivity index (χ0v) is 15.1. The van der Waals surface area contributed by atoms with Gasteiger partial charge in [-0.3, -0.25) is 14.5 Å². The molecule has 3 N–H and O–H groups in total. The predicted octanol–water partition coefficient (Wildman–Crippen LogP) is 2.38. The van der Waals surface area contributed by atoms with E-state index in [1.54, 1.807) is 43.4 Å². The molecule has 1 unspecified atom stereocenters. The van der Waals surface area contributed by atoms with Gasteiger partial charge in [0.1, 0.15) is 10.8 Å². The molecule has 2 amide bonds. The number of rotatable bonds is 3. The lowest BCUT2D eigenvalue weighted by Crippen LogP contribution is -2.47. The van der Waals surface area contributed by atoms with Crippen molar-refractivity contribution in [1.82, 2.24) is 9.88 Å². The maximum atomic E-state index is 12.3. The Hall–Kier alpha value is -2.93. The highest BCUT2D eigenvalue weighted by molar-refractivity contribution is 6.29. The summed E-state index contributed by atoms with van der Waals surface area (Å²) in [4.78, 5) is 34.3. The Balaban J connectivity index is 1.87. The van der Waals surface area contributed by atoms with E-state index in [2.05, 4.69) is 15.3 Å². The van der Waals surface area contributed by atoms with E-state index >= 15 is 0 Å². The van der Waals surface area contributed by atoms with Crippen molar-refractivity contribution in [3.05, 3.63) is 58.9 Å². The molecule has 7 nitrogen and oxygen atoms in total. The molecule has 0 saturated carbocycles. The van der Waals surface area contributed by atoms with Gasteiger partial charge in [-0.2, -0.15) is 0 Å². The summed E-state index contributed by atoms with van der Waals surface area (Å²) in [5.41, 5.74) is 6.62. The Kier molecular flexibility index (Phi) is 4.65. The van der Waals surface area contributed by atoms with Crippen LogP contribution in [-0.2, 0) is 10.3 Å². The van der Waals surface area contributed by atoms with E-state index in [1.807, 2.05) is 13.0 Å². The molecular weight excluding hydrogens is 354 g/mol. The molecule has 0 bridgehead atoms. The quantitative estimate of drug-likeness (QED) is 0.809. The van der Waals surface area contributed by atoms with Crippen LogP contribution in [0.1, 0.15) is 29.4 Å². The average Bonchev–Trinajstić information content (AvgIpc) is 2.60. The van der Waals surface area contributed by atoms with E-state index in [-0.39, 0.29) is 35.0 Å². The highest BCUT2D eigenvalue weighted by Crippen LogP contribution is 2.34. The van der Waals surface area contributed by atoms with Crippen LogP contribution in [0.3, 0.4) is 0 Å². The maximum absolute atomic E-state index is 12.3. The van der Waals surface area contributed by atoms with Crippen LogP contribution in [-0.4, -0.2) is 34.7 Å². The molecule has 1 aliphatic rings. The van der Waals surface area contributed by atoms with Crippen LogP contribution in [0.25, 0.3) is 0 Å². The van der Waals surface area contributed by atoms with Gasteiger partial charge in [-0.05, 0) is 36.8 Å². The summed E-state index contributed by atoms with van der Waals surface area (Å²) in [5, 5.41) is 3.02. The first-order chi connectivity index (χ1) is 12.3. The molecule has 0 spiro atoms. The predicted molar refractivity (Wildman–Crippen MR) is 100 cm³/mol. The second-order valence-corrected chi connectivity index (χ2v) is 6.64. The number of aromatic nitrogens is 1. The highest BCUT2D eigenvalue weighted by atomic mass is 35.5. The van der Waals surface area contributed by atoms with Gasteiger partial charge >= 0.3 is 0 Å². The fourth-order valence-corrected chi connectivity index (χ4v) is 2.90. The average molecular weight is 372 g/mol. The Morgan fingerprint density at radius 3 is 2.73 bits per heavy atom. The number of nitrogens with zero attached hydrogens (tertiary/aromatic N) is 3. The van der Waals surface area contributed by atoms with E-state index in [4.69, 9.17) is 17.3 Å². The number of hydrogen-bond donors (Lipinski definition) is 2. The number of aliphatic imine (C=N–C) groups is 1. The lowest BCUT2D eigenvalue weighted by molar-refractivity contribution is -0.128. The van der Waals surface area contributed by atoms with E-state index in [9.17, 15) is 9.59 Å². The second kappa shape index (κ2) is 6.76. The Morgan fingerprint density at radius 2 is 2.04 bits per heavy atom. The molecule has 1 aliphatic heterocycles. The summed E-state index contributed by atoms with van der Waals surface area (Å²) in [7, 11) is 1.59. The minimum Gasteiger partial charge on any atom is -0.369 e. The number of nitrogens with one attached hydrogen (secondary N) is 1. The summed E-state index contributed by atoms with van der Waals surface area (Å²) in [6, 6.07) is 12.0. The zero-order chi connectivity index (χ0) is 18.9. The van der Waals surface area contributed by atoms with Gasteiger partial charge in [-0.1, -0.05) is 29.8 Å². The first kappa shape index (κ1) is 17.9. The number of carbonyl (C=O) groups is 2. The van der Waals surface area contributed by atoms with Gasteiger partial charge in [0.25, 0.3) is 5.91 Å². The SMILES string of the molecule is CN1C(=O)CC(C)(c2cccc(NC(=O)c3cccc(Cl)n3)c2)N=C1N. The number of nitrogens with two attached hydrogens (primary N) is 1. The number of pyridine rings is 1. The molecular formula is C18H18ClN5O2. The second-order valence-electron chi connectivity index (χ2n) is 6.25. The Labute approximate surface area is 155 Å². The molecule has 0 radical (unpaired) electrons. The van der Waals surface area contributed by atoms with Gasteiger partial charge < -0.3 is 11.1 Å². The van der Waals surface area contributed by atoms with Gasteiger partial charge in [0.15, 0.2) is 5.96 Å². The summed E-state index contributed by atoms with van der Waals surface area (Å²) in [6.07, 6.45) is 0.192. The van der Waals surface area contributed by atoms with Gasteiger partial charge in [0, 0.05) is 12.7 Å². The highest BCUT2D eigenvalue weighted by Gasteiger charge is 2.36. The lowest BCUT2D eigenvalue weighted by Gasteiger charge is -2.33. The van der Waals surface area contributed by atoms with Gasteiger partial charge in [0.05, 0.1) is 12.0 Å². The number of hydrogen-bond acceptors (Lipinski definition) is 5. The first-order valence-corrected chi connectivity index (χ1v) is 8.33. The molecule has 3 rings (SSSR count). The third kappa shape index (κ3) is 3.52. The van der Waals surface area contributed by atoms with Crippen molar-refractivity contribution in [2.24, 2.45) is 10.7 Å². The normalized spacial score (nSPS) is 19.9. The minimum atomic E-state index is -0.789. The molecule has 26 heavy (non-hydrogen) atoms. The first-order valence-electron chi connectivity index (χ1n) is 7.95. The van der Waals surface area contributed by atoms with Crippen molar-refractivity contribution in [2.75, 3.05) is 12.4 Å². The number of anilines is 1. The van der Waals surface area contributed by atoms with E-state index in [0.717, 1.165) is 5.56 Å². The fraction of sp³-hybridized carbons (Fsp3) is 0.222.